The van der Waals surface area contributed by atoms with E-state index in [0.717, 1.165) is 32.3 Å². The second-order valence-electron chi connectivity index (χ2n) is 4.89. The maximum atomic E-state index is 11.5. The summed E-state index contributed by atoms with van der Waals surface area (Å²) in [6.45, 7) is 4.02. The SMILES string of the molecule is CC(CCN)CCC(=O)OCC1CCCCO1. The number of ether oxygens (including phenoxy) is 2. The van der Waals surface area contributed by atoms with Gasteiger partial charge in [-0.05, 0) is 44.6 Å². The predicted octanol–water partition coefficient (Wildman–Crippen LogP) is 1.86. The number of esters is 1. The Morgan fingerprint density at radius 3 is 2.94 bits per heavy atom. The highest BCUT2D eigenvalue weighted by molar-refractivity contribution is 5.69. The van der Waals surface area contributed by atoms with Crippen LogP contribution >= 0.6 is 0 Å². The third-order valence-electron chi connectivity index (χ3n) is 3.20. The minimum absolute atomic E-state index is 0.108. The zero-order chi connectivity index (χ0) is 12.5. The van der Waals surface area contributed by atoms with Gasteiger partial charge in [-0.25, -0.2) is 0 Å². The van der Waals surface area contributed by atoms with Gasteiger partial charge in [0.05, 0.1) is 6.10 Å². The van der Waals surface area contributed by atoms with Crippen molar-refractivity contribution < 1.29 is 14.3 Å². The first-order valence-electron chi connectivity index (χ1n) is 6.69. The van der Waals surface area contributed by atoms with Crippen molar-refractivity contribution in [3.05, 3.63) is 0 Å². The fourth-order valence-electron chi connectivity index (χ4n) is 1.99. The summed E-state index contributed by atoms with van der Waals surface area (Å²) in [5.74, 6) is 0.390. The smallest absolute Gasteiger partial charge is 0.305 e. The molecule has 0 bridgehead atoms. The van der Waals surface area contributed by atoms with E-state index in [0.29, 0.717) is 25.5 Å². The largest absolute Gasteiger partial charge is 0.463 e. The van der Waals surface area contributed by atoms with Crippen LogP contribution in [0.1, 0.15) is 45.4 Å². The summed E-state index contributed by atoms with van der Waals surface area (Å²) in [4.78, 5) is 11.5. The molecule has 0 aromatic rings. The zero-order valence-electron chi connectivity index (χ0n) is 10.8. The van der Waals surface area contributed by atoms with Crippen LogP contribution in [0.3, 0.4) is 0 Å². The van der Waals surface area contributed by atoms with Crippen molar-refractivity contribution in [2.24, 2.45) is 11.7 Å². The highest BCUT2D eigenvalue weighted by Crippen LogP contribution is 2.14. The van der Waals surface area contributed by atoms with Crippen LogP contribution in [0.25, 0.3) is 0 Å². The molecule has 100 valence electrons. The van der Waals surface area contributed by atoms with Gasteiger partial charge >= 0.3 is 5.97 Å². The van der Waals surface area contributed by atoms with E-state index < -0.39 is 0 Å². The van der Waals surface area contributed by atoms with Gasteiger partial charge in [-0.2, -0.15) is 0 Å². The molecule has 0 spiro atoms. The van der Waals surface area contributed by atoms with Gasteiger partial charge in [-0.3, -0.25) is 4.79 Å². The van der Waals surface area contributed by atoms with Gasteiger partial charge in [0.25, 0.3) is 0 Å². The Bertz CT molecular complexity index is 215. The lowest BCUT2D eigenvalue weighted by molar-refractivity contribution is -0.149. The molecule has 1 saturated heterocycles. The lowest BCUT2D eigenvalue weighted by Crippen LogP contribution is -2.26. The van der Waals surface area contributed by atoms with Gasteiger partial charge in [-0.15, -0.1) is 0 Å². The van der Waals surface area contributed by atoms with Crippen LogP contribution in [0.2, 0.25) is 0 Å². The van der Waals surface area contributed by atoms with Crippen LogP contribution < -0.4 is 5.73 Å². The molecule has 1 aliphatic heterocycles. The molecule has 1 heterocycles. The van der Waals surface area contributed by atoms with E-state index in [-0.39, 0.29) is 12.1 Å². The summed E-state index contributed by atoms with van der Waals surface area (Å²) in [6, 6.07) is 0. The molecule has 4 nitrogen and oxygen atoms in total. The van der Waals surface area contributed by atoms with Crippen molar-refractivity contribution in [1.29, 1.82) is 0 Å². The van der Waals surface area contributed by atoms with Gasteiger partial charge in [0.15, 0.2) is 0 Å². The first-order chi connectivity index (χ1) is 8.22. The van der Waals surface area contributed by atoms with Crippen molar-refractivity contribution in [2.75, 3.05) is 19.8 Å². The van der Waals surface area contributed by atoms with Gasteiger partial charge in [-0.1, -0.05) is 6.92 Å². The van der Waals surface area contributed by atoms with Crippen LogP contribution in [-0.4, -0.2) is 31.8 Å². The summed E-state index contributed by atoms with van der Waals surface area (Å²) in [5, 5.41) is 0. The molecular formula is C13H25NO3. The van der Waals surface area contributed by atoms with E-state index in [9.17, 15) is 4.79 Å². The lowest BCUT2D eigenvalue weighted by atomic mass is 10.0. The molecule has 1 aliphatic rings. The maximum absolute atomic E-state index is 11.5. The number of rotatable bonds is 7. The summed E-state index contributed by atoms with van der Waals surface area (Å²) in [7, 11) is 0. The first kappa shape index (κ1) is 14.5. The second-order valence-corrected chi connectivity index (χ2v) is 4.89. The molecule has 2 atom stereocenters. The number of hydrogen-bond donors (Lipinski definition) is 1. The molecule has 2 N–H and O–H groups in total. The molecule has 0 aromatic carbocycles. The van der Waals surface area contributed by atoms with Crippen LogP contribution in [0.5, 0.6) is 0 Å². The second kappa shape index (κ2) is 8.48. The molecule has 0 aliphatic carbocycles. The lowest BCUT2D eigenvalue weighted by Gasteiger charge is -2.22. The Hall–Kier alpha value is -0.610. The van der Waals surface area contributed by atoms with Gasteiger partial charge in [0.1, 0.15) is 6.61 Å². The molecule has 2 unspecified atom stereocenters. The Balaban J connectivity index is 2.04. The Morgan fingerprint density at radius 1 is 1.47 bits per heavy atom. The number of carbonyl (C=O) groups excluding carboxylic acids is 1. The van der Waals surface area contributed by atoms with E-state index in [1.165, 1.54) is 6.42 Å². The van der Waals surface area contributed by atoms with Gasteiger partial charge in [0, 0.05) is 13.0 Å². The summed E-state index contributed by atoms with van der Waals surface area (Å²) < 4.78 is 10.7. The summed E-state index contributed by atoms with van der Waals surface area (Å²) in [6.07, 6.45) is 5.76. The van der Waals surface area contributed by atoms with Crippen molar-refractivity contribution in [2.45, 2.75) is 51.6 Å². The summed E-state index contributed by atoms with van der Waals surface area (Å²) in [5.41, 5.74) is 5.46. The highest BCUT2D eigenvalue weighted by Gasteiger charge is 2.16. The molecule has 17 heavy (non-hydrogen) atoms. The molecular weight excluding hydrogens is 218 g/mol. The molecule has 1 fully saturated rings. The average Bonchev–Trinajstić information content (AvgIpc) is 2.35. The van der Waals surface area contributed by atoms with E-state index in [1.807, 2.05) is 0 Å². The molecule has 4 heteroatoms. The molecule has 1 rings (SSSR count). The highest BCUT2D eigenvalue weighted by atomic mass is 16.6. The average molecular weight is 243 g/mol. The minimum Gasteiger partial charge on any atom is -0.463 e. The molecule has 0 aromatic heterocycles. The van der Waals surface area contributed by atoms with E-state index in [2.05, 4.69) is 6.92 Å². The normalized spacial score (nSPS) is 22.1. The monoisotopic (exact) mass is 243 g/mol. The topological polar surface area (TPSA) is 61.6 Å². The van der Waals surface area contributed by atoms with Crippen molar-refractivity contribution in [1.82, 2.24) is 0 Å². The number of carbonyl (C=O) groups is 1. The van der Waals surface area contributed by atoms with Crippen molar-refractivity contribution in [3.8, 4) is 0 Å². The number of nitrogens with two attached hydrogens (primary N) is 1. The third kappa shape index (κ3) is 6.64. The van der Waals surface area contributed by atoms with Gasteiger partial charge in [0.2, 0.25) is 0 Å². The molecule has 0 amide bonds. The van der Waals surface area contributed by atoms with Crippen LogP contribution in [-0.2, 0) is 14.3 Å². The number of hydrogen-bond acceptors (Lipinski definition) is 4. The van der Waals surface area contributed by atoms with E-state index in [1.54, 1.807) is 0 Å². The zero-order valence-corrected chi connectivity index (χ0v) is 10.8. The molecule has 0 saturated carbocycles. The Kier molecular flexibility index (Phi) is 7.21. The van der Waals surface area contributed by atoms with Gasteiger partial charge < -0.3 is 15.2 Å². The van der Waals surface area contributed by atoms with Crippen LogP contribution in [0.4, 0.5) is 0 Å². The van der Waals surface area contributed by atoms with Crippen LogP contribution in [0.15, 0.2) is 0 Å². The van der Waals surface area contributed by atoms with Crippen molar-refractivity contribution >= 4 is 5.97 Å². The fourth-order valence-corrected chi connectivity index (χ4v) is 1.99. The summed E-state index contributed by atoms with van der Waals surface area (Å²) >= 11 is 0. The predicted molar refractivity (Wildman–Crippen MR) is 66.6 cm³/mol. The Labute approximate surface area is 104 Å². The fraction of sp³-hybridized carbons (Fsp3) is 0.923. The standard InChI is InChI=1S/C13H25NO3/c1-11(7-8-14)5-6-13(15)17-10-12-4-2-3-9-16-12/h11-12H,2-10,14H2,1H3. The quantitative estimate of drug-likeness (QED) is 0.693. The maximum Gasteiger partial charge on any atom is 0.305 e. The van der Waals surface area contributed by atoms with E-state index in [4.69, 9.17) is 15.2 Å². The Morgan fingerprint density at radius 2 is 2.29 bits per heavy atom. The first-order valence-corrected chi connectivity index (χ1v) is 6.69. The van der Waals surface area contributed by atoms with Crippen LogP contribution in [0, 0.1) is 5.92 Å². The third-order valence-corrected chi connectivity index (χ3v) is 3.20. The van der Waals surface area contributed by atoms with E-state index >= 15 is 0 Å². The van der Waals surface area contributed by atoms with Crippen molar-refractivity contribution in [3.63, 3.8) is 0 Å². The molecule has 0 radical (unpaired) electrons. The minimum atomic E-state index is -0.108.